The van der Waals surface area contributed by atoms with Crippen molar-refractivity contribution in [2.45, 2.75) is 57.1 Å². The van der Waals surface area contributed by atoms with Crippen molar-refractivity contribution in [2.75, 3.05) is 13.1 Å². The summed E-state index contributed by atoms with van der Waals surface area (Å²) in [5.74, 6) is 0.115. The molecule has 152 valence electrons. The lowest BCUT2D eigenvalue weighted by molar-refractivity contribution is -0.128. The first-order chi connectivity index (χ1) is 12.5. The van der Waals surface area contributed by atoms with Crippen LogP contribution in [-0.2, 0) is 26.7 Å². The van der Waals surface area contributed by atoms with E-state index >= 15 is 0 Å². The number of imidazole rings is 1. The Labute approximate surface area is 160 Å². The molecular formula is C17H29N5O4S. The maximum absolute atomic E-state index is 12.8. The summed E-state index contributed by atoms with van der Waals surface area (Å²) < 4.78 is 28.4. The topological polar surface area (TPSA) is 127 Å². The van der Waals surface area contributed by atoms with Gasteiger partial charge in [0.25, 0.3) is 10.0 Å². The molecule has 0 spiro atoms. The van der Waals surface area contributed by atoms with Crippen LogP contribution in [0.4, 0.5) is 0 Å². The number of Topliss-reactive ketones (excluding diaryl/α,β-unsaturated/α-hetero) is 1. The molecule has 10 heteroatoms. The van der Waals surface area contributed by atoms with Gasteiger partial charge in [0.05, 0.1) is 18.6 Å². The highest BCUT2D eigenvalue weighted by Crippen LogP contribution is 2.19. The Kier molecular flexibility index (Phi) is 6.77. The van der Waals surface area contributed by atoms with Gasteiger partial charge in [-0.1, -0.05) is 13.8 Å². The van der Waals surface area contributed by atoms with Crippen molar-refractivity contribution < 1.29 is 18.0 Å². The van der Waals surface area contributed by atoms with E-state index in [0.29, 0.717) is 25.1 Å². The molecule has 1 unspecified atom stereocenters. The molecule has 1 fully saturated rings. The summed E-state index contributed by atoms with van der Waals surface area (Å²) in [7, 11) is -2.15. The quantitative estimate of drug-likeness (QED) is 0.690. The average molecular weight is 400 g/mol. The molecule has 2 rings (SSSR count). The second kappa shape index (κ2) is 8.49. The number of aryl methyl sites for hydroxylation is 2. The minimum absolute atomic E-state index is 0.0725. The molecule has 0 aromatic carbocycles. The monoisotopic (exact) mass is 399 g/mol. The number of hydrogen-bond donors (Lipinski definition) is 2. The first-order valence-corrected chi connectivity index (χ1v) is 10.5. The smallest absolute Gasteiger partial charge is 0.262 e. The van der Waals surface area contributed by atoms with Crippen LogP contribution in [0.1, 0.15) is 38.9 Å². The third-order valence-corrected chi connectivity index (χ3v) is 6.41. The Morgan fingerprint density at radius 1 is 1.44 bits per heavy atom. The predicted octanol–water partition coefficient (Wildman–Crippen LogP) is -0.0597. The number of nitrogens with two attached hydrogens (primary N) is 1. The van der Waals surface area contributed by atoms with Gasteiger partial charge in [-0.15, -0.1) is 0 Å². The molecule has 1 amide bonds. The summed E-state index contributed by atoms with van der Waals surface area (Å²) >= 11 is 0. The van der Waals surface area contributed by atoms with Crippen LogP contribution in [0, 0.1) is 12.8 Å². The Hall–Kier alpha value is -1.78. The van der Waals surface area contributed by atoms with Gasteiger partial charge in [0.1, 0.15) is 5.82 Å². The molecule has 1 saturated heterocycles. The number of aromatic nitrogens is 2. The highest BCUT2D eigenvalue weighted by Gasteiger charge is 2.34. The van der Waals surface area contributed by atoms with Gasteiger partial charge >= 0.3 is 0 Å². The molecule has 1 aromatic heterocycles. The Morgan fingerprint density at radius 2 is 2.11 bits per heavy atom. The first kappa shape index (κ1) is 21.5. The normalized spacial score (nSPS) is 20.5. The third-order valence-electron chi connectivity index (χ3n) is 4.69. The molecule has 0 aliphatic carbocycles. The van der Waals surface area contributed by atoms with E-state index in [4.69, 9.17) is 5.73 Å². The average Bonchev–Trinajstić information content (AvgIpc) is 2.80. The largest absolute Gasteiger partial charge is 0.345 e. The molecule has 0 radical (unpaired) electrons. The Bertz CT molecular complexity index is 783. The maximum atomic E-state index is 12.8. The van der Waals surface area contributed by atoms with Crippen molar-refractivity contribution in [3.63, 3.8) is 0 Å². The fraction of sp³-hybridized carbons (Fsp3) is 0.706. The molecule has 2 heterocycles. The van der Waals surface area contributed by atoms with Crippen molar-refractivity contribution in [1.29, 1.82) is 0 Å². The molecule has 0 bridgehead atoms. The summed E-state index contributed by atoms with van der Waals surface area (Å²) in [4.78, 5) is 28.8. The Morgan fingerprint density at radius 3 is 2.67 bits per heavy atom. The van der Waals surface area contributed by atoms with Gasteiger partial charge in [0.2, 0.25) is 5.91 Å². The number of amides is 1. The summed E-state index contributed by atoms with van der Waals surface area (Å²) in [6.07, 6.45) is 2.80. The van der Waals surface area contributed by atoms with Gasteiger partial charge in [-0.05, 0) is 32.1 Å². The summed E-state index contributed by atoms with van der Waals surface area (Å²) in [6.45, 7) is 5.55. The van der Waals surface area contributed by atoms with E-state index in [0.717, 1.165) is 4.31 Å². The van der Waals surface area contributed by atoms with Crippen LogP contribution in [0.25, 0.3) is 0 Å². The van der Waals surface area contributed by atoms with Crippen molar-refractivity contribution >= 4 is 21.7 Å². The van der Waals surface area contributed by atoms with Crippen LogP contribution in [0.2, 0.25) is 0 Å². The van der Waals surface area contributed by atoms with Gasteiger partial charge in [-0.2, -0.15) is 4.31 Å². The molecule has 3 N–H and O–H groups in total. The zero-order chi connectivity index (χ0) is 20.4. The van der Waals surface area contributed by atoms with Crippen LogP contribution in [-0.4, -0.2) is 59.1 Å². The van der Waals surface area contributed by atoms with Crippen molar-refractivity contribution in [3.05, 3.63) is 12.0 Å². The van der Waals surface area contributed by atoms with Crippen LogP contribution < -0.4 is 11.1 Å². The van der Waals surface area contributed by atoms with Gasteiger partial charge in [0, 0.05) is 19.8 Å². The highest BCUT2D eigenvalue weighted by atomic mass is 32.2. The van der Waals surface area contributed by atoms with Crippen LogP contribution in [0.5, 0.6) is 0 Å². The van der Waals surface area contributed by atoms with Gasteiger partial charge in [-0.3, -0.25) is 9.59 Å². The zero-order valence-electron chi connectivity index (χ0n) is 16.3. The molecule has 1 aliphatic heterocycles. The molecule has 27 heavy (non-hydrogen) atoms. The maximum Gasteiger partial charge on any atom is 0.262 e. The fourth-order valence-corrected chi connectivity index (χ4v) is 4.50. The zero-order valence-corrected chi connectivity index (χ0v) is 17.1. The van der Waals surface area contributed by atoms with Crippen LogP contribution in [0.3, 0.4) is 0 Å². The number of nitrogens with one attached hydrogen (secondary N) is 1. The first-order valence-electron chi connectivity index (χ1n) is 9.11. The van der Waals surface area contributed by atoms with E-state index in [9.17, 15) is 18.0 Å². The second-order valence-electron chi connectivity index (χ2n) is 7.48. The van der Waals surface area contributed by atoms with E-state index in [-0.39, 0.29) is 35.7 Å². The molecule has 9 nitrogen and oxygen atoms in total. The lowest BCUT2D eigenvalue weighted by atomic mass is 10.0. The van der Waals surface area contributed by atoms with Crippen molar-refractivity contribution in [2.24, 2.45) is 18.7 Å². The van der Waals surface area contributed by atoms with E-state index in [1.54, 1.807) is 18.5 Å². The van der Waals surface area contributed by atoms with E-state index < -0.39 is 22.1 Å². The molecule has 1 aromatic rings. The summed E-state index contributed by atoms with van der Waals surface area (Å²) in [5, 5.41) is 2.61. The predicted molar refractivity (Wildman–Crippen MR) is 100 cm³/mol. The van der Waals surface area contributed by atoms with Gasteiger partial charge < -0.3 is 15.6 Å². The fourth-order valence-electron chi connectivity index (χ4n) is 3.03. The number of nitrogens with zero attached hydrogens (tertiary/aromatic N) is 3. The SMILES string of the molecule is Cc1nc(S(=O)(=O)N2CCCC(NC(=O)[C@@H](N)CC(C)C)C(=O)C2)cn1C. The van der Waals surface area contributed by atoms with Gasteiger partial charge in [-0.25, -0.2) is 13.4 Å². The lowest BCUT2D eigenvalue weighted by Crippen LogP contribution is -2.50. The number of hydrogen-bond acceptors (Lipinski definition) is 6. The van der Waals surface area contributed by atoms with Crippen molar-refractivity contribution in [1.82, 2.24) is 19.2 Å². The van der Waals surface area contributed by atoms with E-state index in [1.165, 1.54) is 6.20 Å². The van der Waals surface area contributed by atoms with Crippen LogP contribution >= 0.6 is 0 Å². The Balaban J connectivity index is 2.08. The van der Waals surface area contributed by atoms with E-state index in [1.807, 2.05) is 13.8 Å². The van der Waals surface area contributed by atoms with Crippen LogP contribution in [0.15, 0.2) is 11.2 Å². The highest BCUT2D eigenvalue weighted by molar-refractivity contribution is 7.89. The number of rotatable bonds is 6. The molecule has 0 saturated carbocycles. The second-order valence-corrected chi connectivity index (χ2v) is 9.37. The third kappa shape index (κ3) is 5.14. The van der Waals surface area contributed by atoms with Gasteiger partial charge in [0.15, 0.2) is 10.8 Å². The molecule has 1 aliphatic rings. The number of ketones is 1. The van der Waals surface area contributed by atoms with E-state index in [2.05, 4.69) is 10.3 Å². The summed E-state index contributed by atoms with van der Waals surface area (Å²) in [6, 6.07) is -1.40. The standard InChI is InChI=1S/C17H29N5O4S/c1-11(2)8-13(18)17(24)20-14-6-5-7-22(9-15(14)23)27(25,26)16-10-21(4)12(3)19-16/h10-11,13-14H,5-9,18H2,1-4H3,(H,20,24)/t13-,14?/m0/s1. The molecular weight excluding hydrogens is 370 g/mol. The summed E-state index contributed by atoms with van der Waals surface area (Å²) in [5.41, 5.74) is 5.87. The number of sulfonamides is 1. The van der Waals surface area contributed by atoms with Crippen molar-refractivity contribution in [3.8, 4) is 0 Å². The minimum Gasteiger partial charge on any atom is -0.345 e. The lowest BCUT2D eigenvalue weighted by Gasteiger charge is -2.20. The molecule has 2 atom stereocenters. The number of carbonyl (C=O) groups is 2. The number of carbonyl (C=O) groups excluding carboxylic acids is 2. The minimum atomic E-state index is -3.86.